The molecule has 1 heteroatoms. The molecule has 0 radical (unpaired) electrons. The zero-order valence-corrected chi connectivity index (χ0v) is 11.2. The van der Waals surface area contributed by atoms with Gasteiger partial charge in [0.2, 0.25) is 0 Å². The molecule has 0 amide bonds. The molecule has 2 saturated carbocycles. The molecule has 0 aromatic heterocycles. The summed E-state index contributed by atoms with van der Waals surface area (Å²) < 4.78 is 0. The minimum absolute atomic E-state index is 0.728. The van der Waals surface area contributed by atoms with Crippen LogP contribution in [-0.4, -0.2) is 12.1 Å². The Labute approximate surface area is 101 Å². The number of nitrogens with one attached hydrogen (secondary N) is 1. The predicted molar refractivity (Wildman–Crippen MR) is 70.6 cm³/mol. The van der Waals surface area contributed by atoms with Gasteiger partial charge < -0.3 is 5.32 Å². The van der Waals surface area contributed by atoms with Crippen molar-refractivity contribution in [3.05, 3.63) is 0 Å². The van der Waals surface area contributed by atoms with Crippen LogP contribution in [0, 0.1) is 11.8 Å². The first-order chi connectivity index (χ1) is 7.77. The maximum Gasteiger partial charge on any atom is 0.00696 e. The second kappa shape index (κ2) is 6.05. The van der Waals surface area contributed by atoms with Gasteiger partial charge in [-0.2, -0.15) is 0 Å². The predicted octanol–water partition coefficient (Wildman–Crippen LogP) is 4.12. The van der Waals surface area contributed by atoms with Gasteiger partial charge in [0.05, 0.1) is 0 Å². The monoisotopic (exact) mass is 223 g/mol. The van der Waals surface area contributed by atoms with E-state index in [2.05, 4.69) is 19.2 Å². The first-order valence-electron chi connectivity index (χ1n) is 7.53. The van der Waals surface area contributed by atoms with Gasteiger partial charge in [0, 0.05) is 12.1 Å². The summed E-state index contributed by atoms with van der Waals surface area (Å²) in [7, 11) is 0. The highest BCUT2D eigenvalue weighted by Crippen LogP contribution is 2.33. The SMILES string of the molecule is CC(C1CCCC1)[C@H](C)NC1CCCCC1. The molecule has 0 aromatic rings. The highest BCUT2D eigenvalue weighted by molar-refractivity contribution is 4.83. The molecule has 2 atom stereocenters. The molecular weight excluding hydrogens is 194 g/mol. The average Bonchev–Trinajstić information content (AvgIpc) is 2.83. The fourth-order valence-corrected chi connectivity index (χ4v) is 3.68. The lowest BCUT2D eigenvalue weighted by Gasteiger charge is -2.32. The molecule has 0 spiro atoms. The normalized spacial score (nSPS) is 28.1. The summed E-state index contributed by atoms with van der Waals surface area (Å²) in [6.45, 7) is 4.88. The zero-order chi connectivity index (χ0) is 11.4. The molecular formula is C15H29N. The van der Waals surface area contributed by atoms with E-state index in [0.29, 0.717) is 0 Å². The third-order valence-corrected chi connectivity index (χ3v) is 5.04. The summed E-state index contributed by atoms with van der Waals surface area (Å²) in [5.74, 6) is 1.88. The van der Waals surface area contributed by atoms with Gasteiger partial charge in [-0.3, -0.25) is 0 Å². The van der Waals surface area contributed by atoms with Crippen molar-refractivity contribution in [2.24, 2.45) is 11.8 Å². The molecule has 1 unspecified atom stereocenters. The van der Waals surface area contributed by atoms with Crippen molar-refractivity contribution in [1.82, 2.24) is 5.32 Å². The first-order valence-corrected chi connectivity index (χ1v) is 7.53. The Kier molecular flexibility index (Phi) is 4.69. The highest BCUT2D eigenvalue weighted by atomic mass is 15.0. The molecule has 0 saturated heterocycles. The minimum Gasteiger partial charge on any atom is -0.311 e. The van der Waals surface area contributed by atoms with Gasteiger partial charge in [-0.25, -0.2) is 0 Å². The van der Waals surface area contributed by atoms with E-state index in [-0.39, 0.29) is 0 Å². The second-order valence-electron chi connectivity index (χ2n) is 6.19. The van der Waals surface area contributed by atoms with E-state index in [9.17, 15) is 0 Å². The van der Waals surface area contributed by atoms with Gasteiger partial charge >= 0.3 is 0 Å². The maximum atomic E-state index is 3.90. The lowest BCUT2D eigenvalue weighted by atomic mass is 9.86. The Balaban J connectivity index is 1.74. The number of rotatable bonds is 4. The summed E-state index contributed by atoms with van der Waals surface area (Å²) in [5.41, 5.74) is 0. The van der Waals surface area contributed by atoms with Crippen LogP contribution in [-0.2, 0) is 0 Å². The minimum atomic E-state index is 0.728. The van der Waals surface area contributed by atoms with Crippen LogP contribution < -0.4 is 5.32 Å². The van der Waals surface area contributed by atoms with Crippen molar-refractivity contribution < 1.29 is 0 Å². The zero-order valence-electron chi connectivity index (χ0n) is 11.2. The van der Waals surface area contributed by atoms with Crippen LogP contribution in [0.1, 0.15) is 71.6 Å². The Hall–Kier alpha value is -0.0400. The fraction of sp³-hybridized carbons (Fsp3) is 1.00. The molecule has 2 aliphatic carbocycles. The Bertz CT molecular complexity index is 190. The molecule has 16 heavy (non-hydrogen) atoms. The van der Waals surface area contributed by atoms with Crippen molar-refractivity contribution in [3.63, 3.8) is 0 Å². The third kappa shape index (κ3) is 3.23. The van der Waals surface area contributed by atoms with Crippen molar-refractivity contribution in [1.29, 1.82) is 0 Å². The summed E-state index contributed by atoms with van der Waals surface area (Å²) in [5, 5.41) is 3.90. The second-order valence-corrected chi connectivity index (χ2v) is 6.19. The molecule has 2 fully saturated rings. The van der Waals surface area contributed by atoms with Crippen molar-refractivity contribution >= 4 is 0 Å². The number of hydrogen-bond acceptors (Lipinski definition) is 1. The molecule has 1 N–H and O–H groups in total. The van der Waals surface area contributed by atoms with Gasteiger partial charge in [-0.1, -0.05) is 51.9 Å². The highest BCUT2D eigenvalue weighted by Gasteiger charge is 2.27. The van der Waals surface area contributed by atoms with E-state index in [1.165, 1.54) is 57.8 Å². The van der Waals surface area contributed by atoms with Gasteiger partial charge in [-0.15, -0.1) is 0 Å². The van der Waals surface area contributed by atoms with Gasteiger partial charge in [0.1, 0.15) is 0 Å². The summed E-state index contributed by atoms with van der Waals surface area (Å²) in [6.07, 6.45) is 13.1. The van der Waals surface area contributed by atoms with Crippen LogP contribution in [0.4, 0.5) is 0 Å². The topological polar surface area (TPSA) is 12.0 Å². The molecule has 0 aliphatic heterocycles. The fourth-order valence-electron chi connectivity index (χ4n) is 3.68. The molecule has 1 nitrogen and oxygen atoms in total. The van der Waals surface area contributed by atoms with E-state index in [1.807, 2.05) is 0 Å². The van der Waals surface area contributed by atoms with Crippen molar-refractivity contribution in [3.8, 4) is 0 Å². The smallest absolute Gasteiger partial charge is 0.00696 e. The maximum absolute atomic E-state index is 3.90. The van der Waals surface area contributed by atoms with E-state index < -0.39 is 0 Å². The van der Waals surface area contributed by atoms with Crippen molar-refractivity contribution in [2.45, 2.75) is 83.7 Å². The van der Waals surface area contributed by atoms with Crippen LogP contribution in [0.2, 0.25) is 0 Å². The quantitative estimate of drug-likeness (QED) is 0.756. The van der Waals surface area contributed by atoms with E-state index in [1.54, 1.807) is 0 Å². The van der Waals surface area contributed by atoms with Crippen LogP contribution in [0.5, 0.6) is 0 Å². The van der Waals surface area contributed by atoms with Crippen LogP contribution in [0.25, 0.3) is 0 Å². The molecule has 0 bridgehead atoms. The van der Waals surface area contributed by atoms with E-state index in [4.69, 9.17) is 0 Å². The summed E-state index contributed by atoms with van der Waals surface area (Å²) in [6, 6.07) is 1.55. The van der Waals surface area contributed by atoms with Crippen molar-refractivity contribution in [2.75, 3.05) is 0 Å². The molecule has 94 valence electrons. The molecule has 0 aromatic carbocycles. The first kappa shape index (κ1) is 12.4. The van der Waals surface area contributed by atoms with Crippen LogP contribution >= 0.6 is 0 Å². The molecule has 2 aliphatic rings. The average molecular weight is 223 g/mol. The molecule has 2 rings (SSSR count). The van der Waals surface area contributed by atoms with Gasteiger partial charge in [-0.05, 0) is 31.6 Å². The summed E-state index contributed by atoms with van der Waals surface area (Å²) in [4.78, 5) is 0. The molecule has 0 heterocycles. The van der Waals surface area contributed by atoms with E-state index in [0.717, 1.165) is 23.9 Å². The van der Waals surface area contributed by atoms with Gasteiger partial charge in [0.25, 0.3) is 0 Å². The lowest BCUT2D eigenvalue weighted by molar-refractivity contribution is 0.244. The Morgan fingerprint density at radius 2 is 1.38 bits per heavy atom. The number of hydrogen-bond donors (Lipinski definition) is 1. The summed E-state index contributed by atoms with van der Waals surface area (Å²) >= 11 is 0. The Morgan fingerprint density at radius 1 is 0.812 bits per heavy atom. The standard InChI is InChI=1S/C15H29N/c1-12(14-8-6-7-9-14)13(2)16-15-10-4-3-5-11-15/h12-16H,3-11H2,1-2H3/t12?,13-/m0/s1. The van der Waals surface area contributed by atoms with Crippen LogP contribution in [0.15, 0.2) is 0 Å². The lowest BCUT2D eigenvalue weighted by Crippen LogP contribution is -2.42. The third-order valence-electron chi connectivity index (χ3n) is 5.04. The largest absolute Gasteiger partial charge is 0.311 e. The van der Waals surface area contributed by atoms with E-state index >= 15 is 0 Å². The Morgan fingerprint density at radius 3 is 2.00 bits per heavy atom. The van der Waals surface area contributed by atoms with Gasteiger partial charge in [0.15, 0.2) is 0 Å². The van der Waals surface area contributed by atoms with Crippen LogP contribution in [0.3, 0.4) is 0 Å².